The van der Waals surface area contributed by atoms with Gasteiger partial charge in [0.1, 0.15) is 0 Å². The molecule has 6 saturated heterocycles. The molecule has 2 spiro atoms. The van der Waals surface area contributed by atoms with E-state index in [1.54, 1.807) is 0 Å². The van der Waals surface area contributed by atoms with Gasteiger partial charge in [0.05, 0.1) is 0 Å². The van der Waals surface area contributed by atoms with E-state index in [0.29, 0.717) is 0 Å². The first-order chi connectivity index (χ1) is 12.0. The van der Waals surface area contributed by atoms with Gasteiger partial charge in [-0.25, -0.2) is 36.3 Å². The zero-order valence-electron chi connectivity index (χ0n) is 11.4. The Kier molecular flexibility index (Phi) is 2.26. The Bertz CT molecular complexity index is 939. The molecule has 20 heteroatoms. The van der Waals surface area contributed by atoms with Crippen molar-refractivity contribution in [1.29, 1.82) is 0 Å². The summed E-state index contributed by atoms with van der Waals surface area (Å²) in [6.45, 7) is 0. The molecule has 0 radical (unpaired) electrons. The highest BCUT2D eigenvalue weighted by Crippen LogP contribution is 2.90. The fourth-order valence-corrected chi connectivity index (χ4v) is 8.13. The lowest BCUT2D eigenvalue weighted by atomic mass is 9.72. The van der Waals surface area contributed by atoms with Crippen LogP contribution in [0, 0.1) is 0 Å². The van der Waals surface area contributed by atoms with Crippen molar-refractivity contribution in [3.63, 3.8) is 0 Å². The largest absolute Gasteiger partial charge is 0.557 e. The second kappa shape index (κ2) is 3.67. The summed E-state index contributed by atoms with van der Waals surface area (Å²) in [5, 5.41) is 22.0. The Labute approximate surface area is 139 Å². The summed E-state index contributed by atoms with van der Waals surface area (Å²) in [6, 6.07) is 0. The van der Waals surface area contributed by atoms with Gasteiger partial charge in [0.2, 0.25) is 0 Å². The van der Waals surface area contributed by atoms with Crippen LogP contribution in [0.3, 0.4) is 0 Å². The lowest BCUT2D eigenvalue weighted by Gasteiger charge is -2.59. The topological polar surface area (TPSA) is 202 Å². The van der Waals surface area contributed by atoms with E-state index in [1.807, 2.05) is 0 Å². The van der Waals surface area contributed by atoms with E-state index in [1.165, 1.54) is 0 Å². The van der Waals surface area contributed by atoms with Gasteiger partial charge in [0.25, 0.3) is 5.79 Å². The van der Waals surface area contributed by atoms with Crippen LogP contribution in [0.1, 0.15) is 0 Å². The van der Waals surface area contributed by atoms with Crippen molar-refractivity contribution in [2.24, 2.45) is 0 Å². The first kappa shape index (κ1) is 16.0. The predicted octanol–water partition coefficient (Wildman–Crippen LogP) is -0.815. The maximum atomic E-state index is 12.6. The number of hydrogen-bond donors (Lipinski definition) is 2. The summed E-state index contributed by atoms with van der Waals surface area (Å²) >= 11 is 0. The molecule has 0 aromatic heterocycles. The van der Waals surface area contributed by atoms with Gasteiger partial charge in [-0.05, 0) is 0 Å². The van der Waals surface area contributed by atoms with Crippen molar-refractivity contribution >= 4 is 23.5 Å². The number of rotatable bonds is 0. The SMILES string of the molecule is O=P12OO[C@]34OP5(=O)O[C@]3(O)[C@@](O)(O5)[C@@]3(OO1)OP1(=O)OC4[C@]3(OO2)O1. The number of phosphoric acid groups is 3. The molecular formula is C6H3O17P3. The molecule has 1 saturated carbocycles. The summed E-state index contributed by atoms with van der Waals surface area (Å²) in [5.41, 5.74) is 0. The third kappa shape index (κ3) is 1.19. The minimum atomic E-state index is -4.89. The summed E-state index contributed by atoms with van der Waals surface area (Å²) in [7, 11) is -14.3. The zero-order valence-corrected chi connectivity index (χ0v) is 14.1. The molecule has 144 valence electrons. The Morgan fingerprint density at radius 3 is 2.00 bits per heavy atom. The minimum absolute atomic E-state index is 2.06. The zero-order chi connectivity index (χ0) is 18.1. The molecule has 17 nitrogen and oxygen atoms in total. The van der Waals surface area contributed by atoms with Crippen molar-refractivity contribution in [2.75, 3.05) is 0 Å². The van der Waals surface area contributed by atoms with Crippen LogP contribution in [0.2, 0.25) is 0 Å². The quantitative estimate of drug-likeness (QED) is 0.349. The third-order valence-corrected chi connectivity index (χ3v) is 8.42. The molecule has 6 bridgehead atoms. The van der Waals surface area contributed by atoms with E-state index in [4.69, 9.17) is 41.8 Å². The van der Waals surface area contributed by atoms with Gasteiger partial charge >= 0.3 is 46.6 Å². The average Bonchev–Trinajstić information content (AvgIpc) is 3.11. The van der Waals surface area contributed by atoms with Crippen molar-refractivity contribution in [3.05, 3.63) is 0 Å². The molecule has 7 rings (SSSR count). The van der Waals surface area contributed by atoms with Crippen molar-refractivity contribution in [3.8, 4) is 0 Å². The van der Waals surface area contributed by atoms with Crippen molar-refractivity contribution < 1.29 is 79.7 Å². The van der Waals surface area contributed by atoms with Crippen LogP contribution in [-0.2, 0) is 69.5 Å². The molecule has 2 N–H and O–H groups in total. The Hall–Kier alpha value is 0.130. The highest BCUT2D eigenvalue weighted by Gasteiger charge is 3.08. The van der Waals surface area contributed by atoms with E-state index in [9.17, 15) is 23.9 Å². The van der Waals surface area contributed by atoms with Gasteiger partial charge in [-0.15, -0.1) is 14.0 Å². The van der Waals surface area contributed by atoms with Crippen LogP contribution in [0.15, 0.2) is 0 Å². The number of phosphoric ester groups is 2. The van der Waals surface area contributed by atoms with E-state index >= 15 is 0 Å². The Morgan fingerprint density at radius 2 is 1.27 bits per heavy atom. The first-order valence-corrected chi connectivity index (χ1v) is 11.0. The van der Waals surface area contributed by atoms with Gasteiger partial charge in [0, 0.05) is 0 Å². The summed E-state index contributed by atoms with van der Waals surface area (Å²) in [4.78, 5) is 14.4. The normalized spacial score (nSPS) is 74.8. The fraction of sp³-hybridized carbons (Fsp3) is 1.00. The number of aliphatic hydroxyl groups is 2. The predicted molar refractivity (Wildman–Crippen MR) is 57.7 cm³/mol. The van der Waals surface area contributed by atoms with Gasteiger partial charge in [-0.1, -0.05) is 0 Å². The van der Waals surface area contributed by atoms with E-state index in [2.05, 4.69) is 14.0 Å². The lowest BCUT2D eigenvalue weighted by molar-refractivity contribution is -0.608. The second-order valence-corrected chi connectivity index (χ2v) is 10.3. The Morgan fingerprint density at radius 1 is 0.654 bits per heavy atom. The summed E-state index contributed by atoms with van der Waals surface area (Å²) in [5.74, 6) is -15.5. The third-order valence-electron chi connectivity index (χ3n) is 4.74. The highest BCUT2D eigenvalue weighted by molar-refractivity contribution is 7.50. The fourth-order valence-electron chi connectivity index (χ4n) is 3.78. The van der Waals surface area contributed by atoms with E-state index in [-0.39, 0.29) is 0 Å². The molecule has 0 aromatic carbocycles. The van der Waals surface area contributed by atoms with Crippen LogP contribution in [-0.4, -0.2) is 45.3 Å². The molecule has 9 atom stereocenters. The average molecular weight is 440 g/mol. The van der Waals surface area contributed by atoms with Gasteiger partial charge < -0.3 is 10.2 Å². The maximum absolute atomic E-state index is 12.6. The van der Waals surface area contributed by atoms with Crippen LogP contribution in [0.5, 0.6) is 0 Å². The molecule has 0 amide bonds. The van der Waals surface area contributed by atoms with Crippen molar-refractivity contribution in [2.45, 2.75) is 35.0 Å². The minimum Gasteiger partial charge on any atom is -0.356 e. The molecule has 26 heavy (non-hydrogen) atoms. The molecule has 1 aliphatic carbocycles. The lowest BCUT2D eigenvalue weighted by Crippen LogP contribution is -2.91. The van der Waals surface area contributed by atoms with E-state index in [0.717, 1.165) is 0 Å². The second-order valence-electron chi connectivity index (χ2n) is 6.00. The highest BCUT2D eigenvalue weighted by atomic mass is 31.2. The Balaban J connectivity index is 1.65. The monoisotopic (exact) mass is 440 g/mol. The molecule has 4 unspecified atom stereocenters. The molecular weight excluding hydrogens is 437 g/mol. The summed E-state index contributed by atoms with van der Waals surface area (Å²) in [6.07, 6.45) is -2.06. The van der Waals surface area contributed by atoms with Gasteiger partial charge in [-0.2, -0.15) is 14.7 Å². The molecule has 0 aromatic rings. The molecule has 6 aliphatic heterocycles. The van der Waals surface area contributed by atoms with Crippen molar-refractivity contribution in [1.82, 2.24) is 0 Å². The van der Waals surface area contributed by atoms with Gasteiger partial charge in [0.15, 0.2) is 6.10 Å². The summed E-state index contributed by atoms with van der Waals surface area (Å²) < 4.78 is 80.4. The molecule has 6 heterocycles. The van der Waals surface area contributed by atoms with Crippen LogP contribution < -0.4 is 0 Å². The van der Waals surface area contributed by atoms with Crippen LogP contribution in [0.25, 0.3) is 0 Å². The maximum Gasteiger partial charge on any atom is 0.557 e. The number of hydrogen-bond acceptors (Lipinski definition) is 17. The van der Waals surface area contributed by atoms with Crippen LogP contribution in [0.4, 0.5) is 0 Å². The smallest absolute Gasteiger partial charge is 0.356 e. The van der Waals surface area contributed by atoms with E-state index < -0.39 is 58.5 Å². The standard InChI is InChI=1S/C6H3O17P3/c7-4-2-1-3-6(20-24(9,12-1)17-3,5(4,8)19-25(10,16-2)18-4)15-23-26(11,21-13-2)22-14-3/h1,7-8H/t1?,2-,3+,4+,5-,6+,24?,25?,26?/m1/s1. The number of fused-ring (bicyclic) bond motifs is 4. The van der Waals surface area contributed by atoms with Gasteiger partial charge in [-0.3, -0.25) is 4.52 Å². The first-order valence-electron chi connectivity index (χ1n) is 6.58. The molecule has 7 aliphatic rings. The van der Waals surface area contributed by atoms with Crippen LogP contribution >= 0.6 is 23.5 Å². The molecule has 7 fully saturated rings.